The summed E-state index contributed by atoms with van der Waals surface area (Å²) in [6.07, 6.45) is 39.9. The van der Waals surface area contributed by atoms with Gasteiger partial charge < -0.3 is 20.6 Å². The van der Waals surface area contributed by atoms with Crippen LogP contribution in [0.4, 0.5) is 0 Å². The Labute approximate surface area is 261 Å². The monoisotopic (exact) mass is 596 g/mol. The Balaban J connectivity index is 3.25. The summed E-state index contributed by atoms with van der Waals surface area (Å²) in [4.78, 5) is 12.1. The molecule has 4 N–H and O–H groups in total. The molecule has 0 aromatic heterocycles. The van der Waals surface area contributed by atoms with E-state index in [2.05, 4.69) is 5.32 Å². The lowest BCUT2D eigenvalue weighted by molar-refractivity contribution is -0.123. The van der Waals surface area contributed by atoms with Crippen molar-refractivity contribution in [1.29, 1.82) is 0 Å². The second-order valence-electron chi connectivity index (χ2n) is 12.7. The van der Waals surface area contributed by atoms with Gasteiger partial charge in [-0.1, -0.05) is 180 Å². The molecule has 0 aliphatic rings. The van der Waals surface area contributed by atoms with Crippen LogP contribution in [0.2, 0.25) is 0 Å². The van der Waals surface area contributed by atoms with Crippen LogP contribution in [0.1, 0.15) is 193 Å². The normalized spacial score (nSPS) is 13.1. The molecule has 2 unspecified atom stereocenters. The maximum absolute atomic E-state index is 12.1. The molecule has 0 spiro atoms. The average molecular weight is 596 g/mol. The molecule has 0 rings (SSSR count). The van der Waals surface area contributed by atoms with Crippen LogP contribution in [0.25, 0.3) is 0 Å². The van der Waals surface area contributed by atoms with Gasteiger partial charge in [-0.05, 0) is 19.3 Å². The Hall–Kier alpha value is -0.910. The van der Waals surface area contributed by atoms with Gasteiger partial charge in [0.05, 0.1) is 18.8 Å². The van der Waals surface area contributed by atoms with Gasteiger partial charge in [0.25, 0.3) is 0 Å². The Bertz CT molecular complexity index is 568. The summed E-state index contributed by atoms with van der Waals surface area (Å²) in [6, 6.07) is -0.616. The van der Waals surface area contributed by atoms with Crippen LogP contribution in [0.3, 0.4) is 0 Å². The number of amides is 1. The molecule has 0 aliphatic carbocycles. The lowest BCUT2D eigenvalue weighted by Gasteiger charge is -2.19. The van der Waals surface area contributed by atoms with Crippen molar-refractivity contribution in [3.8, 4) is 0 Å². The molecule has 250 valence electrons. The summed E-state index contributed by atoms with van der Waals surface area (Å²) in [7, 11) is 0. The summed E-state index contributed by atoms with van der Waals surface area (Å²) in [5.41, 5.74) is 0. The maximum atomic E-state index is 12.1. The molecule has 0 aliphatic heterocycles. The first-order valence-electron chi connectivity index (χ1n) is 18.5. The van der Waals surface area contributed by atoms with Crippen molar-refractivity contribution < 1.29 is 20.1 Å². The van der Waals surface area contributed by atoms with Crippen molar-refractivity contribution in [2.24, 2.45) is 0 Å². The van der Waals surface area contributed by atoms with Gasteiger partial charge in [0.15, 0.2) is 0 Å². The van der Waals surface area contributed by atoms with Crippen LogP contribution >= 0.6 is 0 Å². The molecule has 0 saturated heterocycles. The topological polar surface area (TPSA) is 89.8 Å². The molecular weight excluding hydrogens is 522 g/mol. The van der Waals surface area contributed by atoms with Gasteiger partial charge in [0.1, 0.15) is 0 Å². The van der Waals surface area contributed by atoms with Crippen LogP contribution in [0.15, 0.2) is 12.2 Å². The molecule has 1 amide bonds. The first-order valence-corrected chi connectivity index (χ1v) is 18.5. The predicted octanol–water partition coefficient (Wildman–Crippen LogP) is 9.71. The number of rotatable bonds is 34. The van der Waals surface area contributed by atoms with E-state index in [9.17, 15) is 15.0 Å². The first kappa shape index (κ1) is 41.1. The van der Waals surface area contributed by atoms with E-state index in [1.807, 2.05) is 13.0 Å². The van der Waals surface area contributed by atoms with E-state index in [1.165, 1.54) is 154 Å². The third-order valence-corrected chi connectivity index (χ3v) is 8.59. The van der Waals surface area contributed by atoms with Crippen molar-refractivity contribution in [3.63, 3.8) is 0 Å². The number of aliphatic hydroxyl groups is 3. The lowest BCUT2D eigenvalue weighted by atomic mass is 10.0. The lowest BCUT2D eigenvalue weighted by Crippen LogP contribution is -2.45. The fourth-order valence-corrected chi connectivity index (χ4v) is 5.74. The molecule has 0 saturated carbocycles. The fraction of sp³-hybridized carbons (Fsp3) is 0.919. The van der Waals surface area contributed by atoms with E-state index in [0.29, 0.717) is 13.0 Å². The number of allylic oxidation sites excluding steroid dienone is 1. The number of carbonyl (C=O) groups is 1. The molecule has 0 heterocycles. The Morgan fingerprint density at radius 1 is 0.548 bits per heavy atom. The minimum Gasteiger partial charge on any atom is -0.396 e. The van der Waals surface area contributed by atoms with E-state index in [4.69, 9.17) is 5.11 Å². The van der Waals surface area contributed by atoms with E-state index < -0.39 is 12.1 Å². The van der Waals surface area contributed by atoms with Gasteiger partial charge in [-0.25, -0.2) is 0 Å². The fourth-order valence-electron chi connectivity index (χ4n) is 5.74. The van der Waals surface area contributed by atoms with E-state index in [0.717, 1.165) is 25.7 Å². The molecule has 0 radical (unpaired) electrons. The summed E-state index contributed by atoms with van der Waals surface area (Å²) < 4.78 is 0. The number of aliphatic hydroxyl groups excluding tert-OH is 3. The highest BCUT2D eigenvalue weighted by molar-refractivity contribution is 5.76. The zero-order valence-corrected chi connectivity index (χ0v) is 28.0. The first-order chi connectivity index (χ1) is 20.7. The smallest absolute Gasteiger partial charge is 0.220 e. The maximum Gasteiger partial charge on any atom is 0.220 e. The quantitative estimate of drug-likeness (QED) is 0.0440. The highest BCUT2D eigenvalue weighted by Crippen LogP contribution is 2.16. The molecule has 2 atom stereocenters. The minimum atomic E-state index is -0.834. The van der Waals surface area contributed by atoms with E-state index >= 15 is 0 Å². The zero-order valence-electron chi connectivity index (χ0n) is 28.0. The molecule has 0 aromatic carbocycles. The predicted molar refractivity (Wildman–Crippen MR) is 181 cm³/mol. The van der Waals surface area contributed by atoms with Crippen molar-refractivity contribution in [2.45, 2.75) is 205 Å². The second kappa shape index (κ2) is 34.6. The van der Waals surface area contributed by atoms with Gasteiger partial charge in [-0.2, -0.15) is 0 Å². The van der Waals surface area contributed by atoms with Crippen LogP contribution in [0, 0.1) is 0 Å². The largest absolute Gasteiger partial charge is 0.396 e. The molecule has 0 aromatic rings. The SMILES string of the molecule is CC/C=C/C(O)C(CO)NC(=O)CCCCCCCCCCCCCCCCCCCCCCCCCCCCCO. The summed E-state index contributed by atoms with van der Waals surface area (Å²) in [5.74, 6) is -0.0803. The van der Waals surface area contributed by atoms with Gasteiger partial charge >= 0.3 is 0 Å². The van der Waals surface area contributed by atoms with Crippen LogP contribution in [-0.4, -0.2) is 46.6 Å². The van der Waals surface area contributed by atoms with Crippen molar-refractivity contribution in [2.75, 3.05) is 13.2 Å². The van der Waals surface area contributed by atoms with E-state index in [1.54, 1.807) is 6.08 Å². The van der Waals surface area contributed by atoms with Crippen molar-refractivity contribution in [1.82, 2.24) is 5.32 Å². The summed E-state index contributed by atoms with van der Waals surface area (Å²) >= 11 is 0. The van der Waals surface area contributed by atoms with Crippen LogP contribution in [0.5, 0.6) is 0 Å². The second-order valence-corrected chi connectivity index (χ2v) is 12.7. The van der Waals surface area contributed by atoms with Crippen LogP contribution in [-0.2, 0) is 4.79 Å². The number of carbonyl (C=O) groups excluding carboxylic acids is 1. The number of hydrogen-bond donors (Lipinski definition) is 4. The van der Waals surface area contributed by atoms with Crippen molar-refractivity contribution in [3.05, 3.63) is 12.2 Å². The molecule has 5 nitrogen and oxygen atoms in total. The summed E-state index contributed by atoms with van der Waals surface area (Å²) in [5, 5.41) is 31.0. The molecule has 0 bridgehead atoms. The number of hydrogen-bond acceptors (Lipinski definition) is 4. The highest BCUT2D eigenvalue weighted by Gasteiger charge is 2.17. The summed E-state index contributed by atoms with van der Waals surface area (Å²) in [6.45, 7) is 2.09. The Kier molecular flexibility index (Phi) is 33.8. The highest BCUT2D eigenvalue weighted by atomic mass is 16.3. The average Bonchev–Trinajstić information content (AvgIpc) is 3.00. The molecule has 42 heavy (non-hydrogen) atoms. The minimum absolute atomic E-state index is 0.0803. The van der Waals surface area contributed by atoms with Gasteiger partial charge in [0.2, 0.25) is 5.91 Å². The molecule has 5 heteroatoms. The van der Waals surface area contributed by atoms with Gasteiger partial charge in [-0.15, -0.1) is 0 Å². The third-order valence-electron chi connectivity index (χ3n) is 8.59. The molecule has 0 fully saturated rings. The Morgan fingerprint density at radius 3 is 1.14 bits per heavy atom. The molecular formula is C37H73NO4. The van der Waals surface area contributed by atoms with Gasteiger partial charge in [0, 0.05) is 13.0 Å². The number of nitrogens with one attached hydrogen (secondary N) is 1. The standard InChI is InChI=1S/C37H73NO4/c1-2-3-31-36(41)35(34-40)38-37(42)32-29-27-25-23-21-19-17-15-13-11-9-7-5-4-6-8-10-12-14-16-18-20-22-24-26-28-30-33-39/h3,31,35-36,39-41H,2,4-30,32-34H2,1H3,(H,38,42)/b31-3+. The Morgan fingerprint density at radius 2 is 0.857 bits per heavy atom. The third kappa shape index (κ3) is 30.5. The van der Waals surface area contributed by atoms with Gasteiger partial charge in [-0.3, -0.25) is 4.79 Å². The zero-order chi connectivity index (χ0) is 30.8. The van der Waals surface area contributed by atoms with Crippen LogP contribution < -0.4 is 5.32 Å². The van der Waals surface area contributed by atoms with Crippen molar-refractivity contribution >= 4 is 5.91 Å². The van der Waals surface area contributed by atoms with E-state index in [-0.39, 0.29) is 12.5 Å². The number of unbranched alkanes of at least 4 members (excludes halogenated alkanes) is 26.